The van der Waals surface area contributed by atoms with Gasteiger partial charge in [-0.15, -0.1) is 0 Å². The molecule has 0 bridgehead atoms. The predicted octanol–water partition coefficient (Wildman–Crippen LogP) is 1.03. The summed E-state index contributed by atoms with van der Waals surface area (Å²) in [7, 11) is 3.06. The summed E-state index contributed by atoms with van der Waals surface area (Å²) >= 11 is 0. The summed E-state index contributed by atoms with van der Waals surface area (Å²) in [5.74, 6) is 6.20. The van der Waals surface area contributed by atoms with Crippen molar-refractivity contribution in [2.45, 2.75) is 0 Å². The van der Waals surface area contributed by atoms with Gasteiger partial charge in [-0.3, -0.25) is 9.78 Å². The first kappa shape index (κ1) is 14.5. The van der Waals surface area contributed by atoms with Crippen molar-refractivity contribution >= 4 is 17.4 Å². The summed E-state index contributed by atoms with van der Waals surface area (Å²) in [6.45, 7) is 0. The lowest BCUT2D eigenvalue weighted by atomic mass is 10.2. The van der Waals surface area contributed by atoms with Crippen LogP contribution in [0.3, 0.4) is 0 Å². The maximum atomic E-state index is 12.1. The van der Waals surface area contributed by atoms with Crippen molar-refractivity contribution in [3.8, 4) is 11.5 Å². The molecule has 0 spiro atoms. The molecule has 1 aromatic carbocycles. The second kappa shape index (κ2) is 6.53. The van der Waals surface area contributed by atoms with Crippen LogP contribution < -0.4 is 26.1 Å². The maximum absolute atomic E-state index is 12.1. The van der Waals surface area contributed by atoms with Gasteiger partial charge in [-0.05, 0) is 12.1 Å². The molecular formula is C13H15N5O3. The quantitative estimate of drug-likeness (QED) is 0.556. The fraction of sp³-hybridized carbons (Fsp3) is 0.154. The van der Waals surface area contributed by atoms with E-state index in [0.717, 1.165) is 0 Å². The molecule has 1 amide bonds. The van der Waals surface area contributed by atoms with E-state index in [1.807, 2.05) is 0 Å². The topological polar surface area (TPSA) is 111 Å². The van der Waals surface area contributed by atoms with Gasteiger partial charge in [0, 0.05) is 11.8 Å². The molecule has 0 fully saturated rings. The summed E-state index contributed by atoms with van der Waals surface area (Å²) in [6, 6.07) is 5.03. The highest BCUT2D eigenvalue weighted by atomic mass is 16.5. The normalized spacial score (nSPS) is 9.86. The lowest BCUT2D eigenvalue weighted by Crippen LogP contribution is -2.16. The van der Waals surface area contributed by atoms with Crippen LogP contribution in [0.1, 0.15) is 10.5 Å². The number of nitrogens with two attached hydrogens (primary N) is 1. The average Bonchev–Trinajstić information content (AvgIpc) is 2.54. The van der Waals surface area contributed by atoms with E-state index < -0.39 is 5.91 Å². The van der Waals surface area contributed by atoms with Crippen molar-refractivity contribution in [2.24, 2.45) is 5.84 Å². The number of methoxy groups -OCH3 is 2. The number of aromatic nitrogens is 2. The summed E-state index contributed by atoms with van der Waals surface area (Å²) in [5.41, 5.74) is 3.02. The molecule has 0 unspecified atom stereocenters. The minimum absolute atomic E-state index is 0.139. The van der Waals surface area contributed by atoms with Gasteiger partial charge in [0.25, 0.3) is 5.91 Å². The molecule has 0 saturated carbocycles. The van der Waals surface area contributed by atoms with Gasteiger partial charge >= 0.3 is 0 Å². The molecule has 0 radical (unpaired) electrons. The number of anilines is 2. The zero-order chi connectivity index (χ0) is 15.2. The molecule has 4 N–H and O–H groups in total. The number of nitrogens with zero attached hydrogens (tertiary/aromatic N) is 2. The van der Waals surface area contributed by atoms with Gasteiger partial charge in [0.05, 0.1) is 26.6 Å². The number of carbonyl (C=O) groups excluding carboxylic acids is 1. The van der Waals surface area contributed by atoms with Crippen LogP contribution in [0.4, 0.5) is 11.5 Å². The van der Waals surface area contributed by atoms with Crippen LogP contribution in [0, 0.1) is 0 Å². The van der Waals surface area contributed by atoms with Gasteiger partial charge in [-0.25, -0.2) is 10.8 Å². The van der Waals surface area contributed by atoms with Crippen molar-refractivity contribution in [1.82, 2.24) is 9.97 Å². The van der Waals surface area contributed by atoms with Crippen LogP contribution in [0.2, 0.25) is 0 Å². The summed E-state index contributed by atoms with van der Waals surface area (Å²) in [4.78, 5) is 19.9. The third-order valence-corrected chi connectivity index (χ3v) is 2.66. The fourth-order valence-corrected chi connectivity index (χ4v) is 1.65. The van der Waals surface area contributed by atoms with Crippen molar-refractivity contribution < 1.29 is 14.3 Å². The van der Waals surface area contributed by atoms with Gasteiger partial charge < -0.3 is 20.2 Å². The maximum Gasteiger partial charge on any atom is 0.275 e. The third kappa shape index (κ3) is 3.37. The van der Waals surface area contributed by atoms with Gasteiger partial charge in [-0.2, -0.15) is 0 Å². The molecule has 21 heavy (non-hydrogen) atoms. The molecule has 0 aliphatic heterocycles. The van der Waals surface area contributed by atoms with E-state index in [-0.39, 0.29) is 5.69 Å². The van der Waals surface area contributed by atoms with Crippen LogP contribution in [0.25, 0.3) is 0 Å². The number of benzene rings is 1. The Morgan fingerprint density at radius 1 is 1.19 bits per heavy atom. The lowest BCUT2D eigenvalue weighted by molar-refractivity contribution is 0.102. The molecule has 0 atom stereocenters. The smallest absolute Gasteiger partial charge is 0.275 e. The highest BCUT2D eigenvalue weighted by Gasteiger charge is 2.11. The first-order chi connectivity index (χ1) is 10.2. The molecule has 0 aliphatic carbocycles. The van der Waals surface area contributed by atoms with Crippen LogP contribution in [-0.4, -0.2) is 30.1 Å². The highest BCUT2D eigenvalue weighted by molar-refractivity contribution is 6.03. The summed E-state index contributed by atoms with van der Waals surface area (Å²) in [6.07, 6.45) is 2.75. The molecule has 2 rings (SSSR count). The second-order valence-electron chi connectivity index (χ2n) is 3.96. The van der Waals surface area contributed by atoms with Gasteiger partial charge in [-0.1, -0.05) is 0 Å². The molecule has 1 aromatic heterocycles. The van der Waals surface area contributed by atoms with Crippen LogP contribution in [-0.2, 0) is 0 Å². The molecule has 0 aliphatic rings. The van der Waals surface area contributed by atoms with E-state index in [1.54, 1.807) is 18.2 Å². The third-order valence-electron chi connectivity index (χ3n) is 2.66. The Labute approximate surface area is 121 Å². The molecule has 0 saturated heterocycles. The van der Waals surface area contributed by atoms with Crippen LogP contribution in [0.5, 0.6) is 11.5 Å². The first-order valence-electron chi connectivity index (χ1n) is 6.00. The summed E-state index contributed by atoms with van der Waals surface area (Å²) in [5, 5.41) is 2.69. The van der Waals surface area contributed by atoms with Crippen LogP contribution in [0.15, 0.2) is 30.6 Å². The fourth-order valence-electron chi connectivity index (χ4n) is 1.65. The molecule has 110 valence electrons. The predicted molar refractivity (Wildman–Crippen MR) is 77.3 cm³/mol. The molecule has 1 heterocycles. The zero-order valence-corrected chi connectivity index (χ0v) is 11.6. The Bertz CT molecular complexity index is 647. The minimum atomic E-state index is -0.410. The van der Waals surface area contributed by atoms with Crippen molar-refractivity contribution in [2.75, 3.05) is 25.0 Å². The van der Waals surface area contributed by atoms with Gasteiger partial charge in [0.1, 0.15) is 5.69 Å². The Morgan fingerprint density at radius 2 is 1.95 bits per heavy atom. The number of hydrogen-bond acceptors (Lipinski definition) is 7. The Kier molecular flexibility index (Phi) is 4.52. The van der Waals surface area contributed by atoms with Crippen molar-refractivity contribution in [1.29, 1.82) is 0 Å². The SMILES string of the molecule is COc1ccc(NC(=O)c2cncc(NN)n2)cc1OC. The Morgan fingerprint density at radius 3 is 2.62 bits per heavy atom. The van der Waals surface area contributed by atoms with E-state index in [2.05, 4.69) is 20.7 Å². The van der Waals surface area contributed by atoms with E-state index in [9.17, 15) is 4.79 Å². The van der Waals surface area contributed by atoms with Gasteiger partial charge in [0.2, 0.25) is 0 Å². The molecular weight excluding hydrogens is 274 g/mol. The first-order valence-corrected chi connectivity index (χ1v) is 6.00. The van der Waals surface area contributed by atoms with E-state index >= 15 is 0 Å². The summed E-state index contributed by atoms with van der Waals surface area (Å²) < 4.78 is 10.3. The largest absolute Gasteiger partial charge is 0.493 e. The van der Waals surface area contributed by atoms with Crippen molar-refractivity contribution in [3.05, 3.63) is 36.3 Å². The average molecular weight is 289 g/mol. The standard InChI is InChI=1S/C13H15N5O3/c1-20-10-4-3-8(5-11(10)21-2)16-13(19)9-6-15-7-12(17-9)18-14/h3-7H,14H2,1-2H3,(H,16,19)(H,17,18). The monoisotopic (exact) mass is 289 g/mol. The molecule has 8 heteroatoms. The van der Waals surface area contributed by atoms with E-state index in [0.29, 0.717) is 23.0 Å². The van der Waals surface area contributed by atoms with Crippen LogP contribution >= 0.6 is 0 Å². The number of amides is 1. The van der Waals surface area contributed by atoms with E-state index in [1.165, 1.54) is 26.6 Å². The zero-order valence-electron chi connectivity index (χ0n) is 11.6. The number of nitrogens with one attached hydrogen (secondary N) is 2. The number of rotatable bonds is 5. The number of nitrogen functional groups attached to an aromatic ring is 1. The Hall–Kier alpha value is -2.87. The minimum Gasteiger partial charge on any atom is -0.493 e. The molecule has 8 nitrogen and oxygen atoms in total. The number of hydrazine groups is 1. The molecule has 2 aromatic rings. The van der Waals surface area contributed by atoms with Crippen molar-refractivity contribution in [3.63, 3.8) is 0 Å². The number of ether oxygens (including phenoxy) is 2. The lowest BCUT2D eigenvalue weighted by Gasteiger charge is -2.10. The second-order valence-corrected chi connectivity index (χ2v) is 3.96. The number of hydrogen-bond donors (Lipinski definition) is 3. The van der Waals surface area contributed by atoms with Gasteiger partial charge in [0.15, 0.2) is 17.3 Å². The number of carbonyl (C=O) groups is 1. The highest BCUT2D eigenvalue weighted by Crippen LogP contribution is 2.29. The van der Waals surface area contributed by atoms with E-state index in [4.69, 9.17) is 15.3 Å². The Balaban J connectivity index is 2.19.